The van der Waals surface area contributed by atoms with E-state index in [1.165, 1.54) is 32.7 Å². The lowest BCUT2D eigenvalue weighted by atomic mass is 9.97. The molecule has 0 fully saturated rings. The van der Waals surface area contributed by atoms with Crippen LogP contribution in [0.5, 0.6) is 0 Å². The van der Waals surface area contributed by atoms with Gasteiger partial charge in [-0.2, -0.15) is 0 Å². The molecule has 4 rings (SSSR count). The molecule has 1 heteroatoms. The predicted octanol–water partition coefficient (Wildman–Crippen LogP) is 6.35. The van der Waals surface area contributed by atoms with Crippen LogP contribution in [0.15, 0.2) is 85.4 Å². The van der Waals surface area contributed by atoms with E-state index in [0.717, 1.165) is 5.56 Å². The van der Waals surface area contributed by atoms with Gasteiger partial charge in [-0.05, 0) is 44.3 Å². The monoisotopic (exact) mass is 324 g/mol. The summed E-state index contributed by atoms with van der Waals surface area (Å²) in [6, 6.07) is 27.6. The second-order valence-electron chi connectivity index (χ2n) is 6.24. The van der Waals surface area contributed by atoms with E-state index in [-0.39, 0.29) is 0 Å². The minimum Gasteiger partial charge on any atom is -0.372 e. The number of rotatable bonds is 5. The van der Waals surface area contributed by atoms with Crippen LogP contribution in [0, 0.1) is 0 Å². The number of hydrogen-bond acceptors (Lipinski definition) is 1. The van der Waals surface area contributed by atoms with Crippen LogP contribution in [0.25, 0.3) is 27.6 Å². The summed E-state index contributed by atoms with van der Waals surface area (Å²) in [7, 11) is 0. The van der Waals surface area contributed by atoms with Crippen molar-refractivity contribution in [2.45, 2.75) is 13.2 Å². The Morgan fingerprint density at radius 2 is 1.32 bits per heavy atom. The predicted molar refractivity (Wildman–Crippen MR) is 106 cm³/mol. The lowest BCUT2D eigenvalue weighted by Crippen LogP contribution is -1.96. The van der Waals surface area contributed by atoms with E-state index in [2.05, 4.69) is 85.4 Å². The van der Waals surface area contributed by atoms with E-state index >= 15 is 0 Å². The highest BCUT2D eigenvalue weighted by atomic mass is 16.5. The molecule has 1 nitrogen and oxygen atoms in total. The second kappa shape index (κ2) is 6.92. The van der Waals surface area contributed by atoms with Crippen LogP contribution in [0.4, 0.5) is 0 Å². The molecule has 0 atom stereocenters. The zero-order valence-corrected chi connectivity index (χ0v) is 14.1. The van der Waals surface area contributed by atoms with Gasteiger partial charge in [0.05, 0.1) is 13.2 Å². The molecule has 25 heavy (non-hydrogen) atoms. The number of hydrogen-bond donors (Lipinski definition) is 0. The van der Waals surface area contributed by atoms with Crippen molar-refractivity contribution in [2.75, 3.05) is 0 Å². The Morgan fingerprint density at radius 3 is 1.92 bits per heavy atom. The van der Waals surface area contributed by atoms with E-state index in [9.17, 15) is 0 Å². The van der Waals surface area contributed by atoms with E-state index in [4.69, 9.17) is 4.74 Å². The Labute approximate surface area is 148 Å². The molecule has 0 aliphatic rings. The SMILES string of the molecule is C=Cc1ccc(COCc2c3ccccc3cc3ccccc23)cc1. The van der Waals surface area contributed by atoms with E-state index in [1.54, 1.807) is 0 Å². The molecule has 0 unspecified atom stereocenters. The van der Waals surface area contributed by atoms with Gasteiger partial charge in [0.2, 0.25) is 0 Å². The molecule has 0 aliphatic carbocycles. The Morgan fingerprint density at radius 1 is 0.720 bits per heavy atom. The summed E-state index contributed by atoms with van der Waals surface area (Å²) in [5, 5.41) is 5.05. The third-order valence-corrected chi connectivity index (χ3v) is 4.61. The average molecular weight is 324 g/mol. The standard InChI is InChI=1S/C24H20O/c1-2-18-11-13-19(14-12-18)16-25-17-24-22-9-5-3-7-20(22)15-21-8-4-6-10-23(21)24/h2-15H,1,16-17H2. The highest BCUT2D eigenvalue weighted by molar-refractivity contribution is 6.02. The largest absolute Gasteiger partial charge is 0.372 e. The third kappa shape index (κ3) is 3.19. The van der Waals surface area contributed by atoms with Gasteiger partial charge in [-0.15, -0.1) is 0 Å². The van der Waals surface area contributed by atoms with Gasteiger partial charge < -0.3 is 4.74 Å². The average Bonchev–Trinajstić information content (AvgIpc) is 2.68. The van der Waals surface area contributed by atoms with Crippen molar-refractivity contribution in [2.24, 2.45) is 0 Å². The van der Waals surface area contributed by atoms with Crippen molar-refractivity contribution in [3.8, 4) is 0 Å². The van der Waals surface area contributed by atoms with Gasteiger partial charge in [-0.3, -0.25) is 0 Å². The zero-order chi connectivity index (χ0) is 17.1. The first-order valence-electron chi connectivity index (χ1n) is 8.53. The lowest BCUT2D eigenvalue weighted by molar-refractivity contribution is 0.109. The molecule has 0 aliphatic heterocycles. The van der Waals surface area contributed by atoms with Crippen molar-refractivity contribution in [3.63, 3.8) is 0 Å². The van der Waals surface area contributed by atoms with Crippen LogP contribution in [-0.2, 0) is 18.0 Å². The van der Waals surface area contributed by atoms with Gasteiger partial charge in [0.15, 0.2) is 0 Å². The summed E-state index contributed by atoms with van der Waals surface area (Å²) in [4.78, 5) is 0. The Kier molecular flexibility index (Phi) is 4.32. The molecule has 0 amide bonds. The van der Waals surface area contributed by atoms with Crippen LogP contribution in [0.2, 0.25) is 0 Å². The molecule has 0 saturated carbocycles. The summed E-state index contributed by atoms with van der Waals surface area (Å²) in [5.74, 6) is 0. The molecule has 4 aromatic carbocycles. The normalized spacial score (nSPS) is 11.0. The molecule has 0 aromatic heterocycles. The minimum atomic E-state index is 0.602. The summed E-state index contributed by atoms with van der Waals surface area (Å²) in [6.07, 6.45) is 1.85. The summed E-state index contributed by atoms with van der Waals surface area (Å²) in [6.45, 7) is 5.00. The lowest BCUT2D eigenvalue weighted by Gasteiger charge is -2.12. The molecule has 0 heterocycles. The molecule has 0 radical (unpaired) electrons. The van der Waals surface area contributed by atoms with Gasteiger partial charge in [-0.25, -0.2) is 0 Å². The van der Waals surface area contributed by atoms with Crippen LogP contribution < -0.4 is 0 Å². The van der Waals surface area contributed by atoms with Gasteiger partial charge in [0.25, 0.3) is 0 Å². The number of fused-ring (bicyclic) bond motifs is 2. The summed E-state index contributed by atoms with van der Waals surface area (Å²) in [5.41, 5.74) is 3.57. The van der Waals surface area contributed by atoms with Crippen molar-refractivity contribution in [1.82, 2.24) is 0 Å². The first-order chi connectivity index (χ1) is 12.3. The molecular weight excluding hydrogens is 304 g/mol. The van der Waals surface area contributed by atoms with Crippen molar-refractivity contribution in [1.29, 1.82) is 0 Å². The van der Waals surface area contributed by atoms with E-state index < -0.39 is 0 Å². The van der Waals surface area contributed by atoms with Crippen LogP contribution >= 0.6 is 0 Å². The van der Waals surface area contributed by atoms with Gasteiger partial charge in [0.1, 0.15) is 0 Å². The Bertz CT molecular complexity index is 975. The molecular formula is C24H20O. The highest BCUT2D eigenvalue weighted by Crippen LogP contribution is 2.29. The van der Waals surface area contributed by atoms with Crippen molar-refractivity contribution >= 4 is 27.6 Å². The maximum Gasteiger partial charge on any atom is 0.0733 e. The van der Waals surface area contributed by atoms with Crippen LogP contribution in [0.3, 0.4) is 0 Å². The van der Waals surface area contributed by atoms with Crippen LogP contribution in [-0.4, -0.2) is 0 Å². The zero-order valence-electron chi connectivity index (χ0n) is 14.1. The summed E-state index contributed by atoms with van der Waals surface area (Å²) < 4.78 is 6.07. The van der Waals surface area contributed by atoms with Crippen molar-refractivity contribution < 1.29 is 4.74 Å². The van der Waals surface area contributed by atoms with Crippen molar-refractivity contribution in [3.05, 3.63) is 102 Å². The number of benzene rings is 4. The molecule has 122 valence electrons. The first kappa shape index (κ1) is 15.6. The first-order valence-corrected chi connectivity index (χ1v) is 8.53. The maximum absolute atomic E-state index is 6.07. The quantitative estimate of drug-likeness (QED) is 0.388. The second-order valence-corrected chi connectivity index (χ2v) is 6.24. The van der Waals surface area contributed by atoms with Crippen LogP contribution in [0.1, 0.15) is 16.7 Å². The van der Waals surface area contributed by atoms with E-state index in [0.29, 0.717) is 13.2 Å². The van der Waals surface area contributed by atoms with E-state index in [1.807, 2.05) is 6.08 Å². The molecule has 4 aromatic rings. The third-order valence-electron chi connectivity index (χ3n) is 4.61. The minimum absolute atomic E-state index is 0.602. The van der Waals surface area contributed by atoms with Gasteiger partial charge >= 0.3 is 0 Å². The number of ether oxygens (including phenoxy) is 1. The molecule has 0 N–H and O–H groups in total. The van der Waals surface area contributed by atoms with Gasteiger partial charge in [-0.1, -0.05) is 85.5 Å². The fourth-order valence-corrected chi connectivity index (χ4v) is 3.28. The molecule has 0 saturated heterocycles. The molecule has 0 bridgehead atoms. The highest BCUT2D eigenvalue weighted by Gasteiger charge is 2.07. The molecule has 0 spiro atoms. The Hall–Kier alpha value is -2.90. The maximum atomic E-state index is 6.07. The fourth-order valence-electron chi connectivity index (χ4n) is 3.28. The van der Waals surface area contributed by atoms with Gasteiger partial charge in [0, 0.05) is 0 Å². The smallest absolute Gasteiger partial charge is 0.0733 e. The topological polar surface area (TPSA) is 9.23 Å². The summed E-state index contributed by atoms with van der Waals surface area (Å²) >= 11 is 0. The fraction of sp³-hybridized carbons (Fsp3) is 0.0833. The Balaban J connectivity index is 1.63.